The van der Waals surface area contributed by atoms with E-state index in [1.165, 1.54) is 25.1 Å². The van der Waals surface area contributed by atoms with Crippen molar-refractivity contribution in [3.8, 4) is 22.6 Å². The summed E-state index contributed by atoms with van der Waals surface area (Å²) in [6.07, 6.45) is 1.34. The Kier molecular flexibility index (Phi) is 5.04. The molecule has 0 unspecified atom stereocenters. The zero-order valence-corrected chi connectivity index (χ0v) is 18.3. The molecule has 0 aromatic heterocycles. The van der Waals surface area contributed by atoms with Gasteiger partial charge in [0.05, 0.1) is 11.0 Å². The van der Waals surface area contributed by atoms with Crippen LogP contribution in [0.25, 0.3) is 11.1 Å². The maximum Gasteiger partial charge on any atom is 0.231 e. The van der Waals surface area contributed by atoms with Crippen molar-refractivity contribution in [1.82, 2.24) is 0 Å². The first-order valence-electron chi connectivity index (χ1n) is 10.8. The molecular formula is C27H22F2O4. The third-order valence-electron chi connectivity index (χ3n) is 6.61. The van der Waals surface area contributed by atoms with E-state index >= 15 is 0 Å². The molecule has 5 rings (SSSR count). The Balaban J connectivity index is 1.46. The molecule has 4 nitrogen and oxygen atoms in total. The van der Waals surface area contributed by atoms with Crippen molar-refractivity contribution in [2.75, 3.05) is 6.79 Å². The molecule has 1 aliphatic carbocycles. The summed E-state index contributed by atoms with van der Waals surface area (Å²) in [6, 6.07) is 12.8. The molecule has 3 aromatic carbocycles. The molecule has 0 amide bonds. The minimum Gasteiger partial charge on any atom is -0.454 e. The number of ether oxygens (including phenoxy) is 2. The lowest BCUT2D eigenvalue weighted by Gasteiger charge is -2.17. The third kappa shape index (κ3) is 3.69. The van der Waals surface area contributed by atoms with E-state index in [9.17, 15) is 18.4 Å². The van der Waals surface area contributed by atoms with Crippen LogP contribution in [0.4, 0.5) is 8.78 Å². The second-order valence-electron chi connectivity index (χ2n) is 8.76. The molecule has 0 saturated heterocycles. The van der Waals surface area contributed by atoms with Gasteiger partial charge in [-0.2, -0.15) is 0 Å². The smallest absolute Gasteiger partial charge is 0.231 e. The molecule has 1 fully saturated rings. The van der Waals surface area contributed by atoms with Gasteiger partial charge in [0.1, 0.15) is 17.4 Å². The molecule has 0 N–H and O–H groups in total. The van der Waals surface area contributed by atoms with Gasteiger partial charge in [-0.05, 0) is 90.9 Å². The number of Topliss-reactive ketones (excluding diaryl/α,β-unsaturated/α-hetero) is 2. The summed E-state index contributed by atoms with van der Waals surface area (Å²) < 4.78 is 39.7. The van der Waals surface area contributed by atoms with Crippen molar-refractivity contribution in [1.29, 1.82) is 0 Å². The Hall–Kier alpha value is -3.54. The van der Waals surface area contributed by atoms with E-state index in [1.807, 2.05) is 12.1 Å². The second kappa shape index (κ2) is 7.80. The van der Waals surface area contributed by atoms with E-state index in [4.69, 9.17) is 9.47 Å². The zero-order valence-electron chi connectivity index (χ0n) is 18.3. The highest BCUT2D eigenvalue weighted by molar-refractivity contribution is 5.96. The van der Waals surface area contributed by atoms with Gasteiger partial charge in [0.15, 0.2) is 17.3 Å². The van der Waals surface area contributed by atoms with Crippen LogP contribution in [0.1, 0.15) is 46.8 Å². The Bertz CT molecular complexity index is 1310. The minimum absolute atomic E-state index is 0.0198. The molecule has 1 saturated carbocycles. The monoisotopic (exact) mass is 448 g/mol. The number of fused-ring (bicyclic) bond motifs is 1. The summed E-state index contributed by atoms with van der Waals surface area (Å²) in [4.78, 5) is 25.1. The van der Waals surface area contributed by atoms with E-state index in [0.717, 1.165) is 5.56 Å². The van der Waals surface area contributed by atoms with Crippen LogP contribution >= 0.6 is 0 Å². The topological polar surface area (TPSA) is 52.6 Å². The number of rotatable bonds is 6. The summed E-state index contributed by atoms with van der Waals surface area (Å²) >= 11 is 0. The van der Waals surface area contributed by atoms with Gasteiger partial charge < -0.3 is 9.47 Å². The fraction of sp³-hybridized carbons (Fsp3) is 0.259. The molecule has 33 heavy (non-hydrogen) atoms. The average molecular weight is 448 g/mol. The number of carbonyl (C=O) groups excluding carboxylic acids is 2. The number of benzene rings is 3. The maximum atomic E-state index is 14.9. The quantitative estimate of drug-likeness (QED) is 0.453. The van der Waals surface area contributed by atoms with Gasteiger partial charge in [-0.25, -0.2) is 8.78 Å². The first-order chi connectivity index (χ1) is 15.8. The molecule has 0 bridgehead atoms. The number of halogens is 2. The number of ketones is 2. The normalized spacial score (nSPS) is 15.4. The second-order valence-corrected chi connectivity index (χ2v) is 8.76. The predicted molar refractivity (Wildman–Crippen MR) is 119 cm³/mol. The molecule has 0 atom stereocenters. The highest BCUT2D eigenvalue weighted by Crippen LogP contribution is 2.51. The first-order valence-corrected chi connectivity index (χ1v) is 10.8. The van der Waals surface area contributed by atoms with Crippen LogP contribution in [0, 0.1) is 18.6 Å². The Morgan fingerprint density at radius 3 is 2.42 bits per heavy atom. The Morgan fingerprint density at radius 1 is 0.939 bits per heavy atom. The van der Waals surface area contributed by atoms with Gasteiger partial charge in [0.25, 0.3) is 0 Å². The zero-order chi connectivity index (χ0) is 23.3. The van der Waals surface area contributed by atoms with Crippen LogP contribution in [0.5, 0.6) is 11.5 Å². The summed E-state index contributed by atoms with van der Waals surface area (Å²) in [5, 5.41) is 0. The van der Waals surface area contributed by atoms with Crippen LogP contribution < -0.4 is 9.47 Å². The van der Waals surface area contributed by atoms with E-state index < -0.39 is 17.0 Å². The summed E-state index contributed by atoms with van der Waals surface area (Å²) in [6.45, 7) is 3.21. The molecular weight excluding hydrogens is 426 g/mol. The lowest BCUT2D eigenvalue weighted by molar-refractivity contribution is -0.120. The van der Waals surface area contributed by atoms with Crippen molar-refractivity contribution < 1.29 is 27.8 Å². The van der Waals surface area contributed by atoms with Crippen molar-refractivity contribution in [2.45, 2.75) is 38.5 Å². The number of aryl methyl sites for hydroxylation is 1. The largest absolute Gasteiger partial charge is 0.454 e. The van der Waals surface area contributed by atoms with Crippen molar-refractivity contribution in [2.24, 2.45) is 0 Å². The molecule has 0 radical (unpaired) electrons. The average Bonchev–Trinajstić information content (AvgIpc) is 3.46. The van der Waals surface area contributed by atoms with Gasteiger partial charge >= 0.3 is 0 Å². The number of hydrogen-bond acceptors (Lipinski definition) is 4. The molecule has 168 valence electrons. The molecule has 0 spiro atoms. The van der Waals surface area contributed by atoms with E-state index in [2.05, 4.69) is 0 Å². The highest BCUT2D eigenvalue weighted by Gasteiger charge is 2.51. The highest BCUT2D eigenvalue weighted by atomic mass is 19.1. The van der Waals surface area contributed by atoms with Crippen molar-refractivity contribution in [3.63, 3.8) is 0 Å². The Morgan fingerprint density at radius 2 is 1.70 bits per heavy atom. The van der Waals surface area contributed by atoms with Crippen molar-refractivity contribution in [3.05, 3.63) is 82.4 Å². The molecule has 3 aromatic rings. The Labute approximate surface area is 190 Å². The van der Waals surface area contributed by atoms with E-state index in [0.29, 0.717) is 41.0 Å². The maximum absolute atomic E-state index is 14.9. The fourth-order valence-corrected chi connectivity index (χ4v) is 4.52. The standard InChI is InChI=1S/C27H22F2O4/c1-15-9-23(29)18(11-20(15)17-3-5-22(28)21(10-17)16(2)30)12-26(31)27(7-8-27)19-4-6-24-25(13-19)33-14-32-24/h3-6,9-11,13H,7-8,12,14H2,1-2H3. The summed E-state index contributed by atoms with van der Waals surface area (Å²) in [7, 11) is 0. The molecule has 1 heterocycles. The molecule has 2 aliphatic rings. The fourth-order valence-electron chi connectivity index (χ4n) is 4.52. The number of carbonyl (C=O) groups is 2. The van der Waals surface area contributed by atoms with Crippen LogP contribution in [-0.2, 0) is 16.6 Å². The third-order valence-corrected chi connectivity index (χ3v) is 6.61. The van der Waals surface area contributed by atoms with Crippen molar-refractivity contribution >= 4 is 11.6 Å². The lowest BCUT2D eigenvalue weighted by Crippen LogP contribution is -2.23. The van der Waals surface area contributed by atoms with Gasteiger partial charge in [0.2, 0.25) is 6.79 Å². The van der Waals surface area contributed by atoms with Crippen LogP contribution in [0.15, 0.2) is 48.5 Å². The first kappa shape index (κ1) is 21.3. The summed E-state index contributed by atoms with van der Waals surface area (Å²) in [5.41, 5.74) is 2.38. The molecule has 1 aliphatic heterocycles. The van der Waals surface area contributed by atoms with Gasteiger partial charge in [-0.15, -0.1) is 0 Å². The predicted octanol–water partition coefficient (Wildman–Crippen LogP) is 5.71. The van der Waals surface area contributed by atoms with Gasteiger partial charge in [0, 0.05) is 6.42 Å². The number of hydrogen-bond donors (Lipinski definition) is 0. The van der Waals surface area contributed by atoms with Crippen LogP contribution in [0.3, 0.4) is 0 Å². The van der Waals surface area contributed by atoms with Gasteiger partial charge in [-0.1, -0.05) is 12.1 Å². The minimum atomic E-state index is -0.643. The van der Waals surface area contributed by atoms with Crippen LogP contribution in [-0.4, -0.2) is 18.4 Å². The van der Waals surface area contributed by atoms with E-state index in [-0.39, 0.29) is 35.9 Å². The molecule has 6 heteroatoms. The van der Waals surface area contributed by atoms with Gasteiger partial charge in [-0.3, -0.25) is 9.59 Å². The lowest BCUT2D eigenvalue weighted by atomic mass is 9.86. The van der Waals surface area contributed by atoms with E-state index in [1.54, 1.807) is 25.1 Å². The SMILES string of the molecule is CC(=O)c1cc(-c2cc(CC(=O)C3(c4ccc5c(c4)OCO5)CC3)c(F)cc2C)ccc1F. The summed E-state index contributed by atoms with van der Waals surface area (Å²) in [5.74, 6) is -0.225. The van der Waals surface area contributed by atoms with Crippen LogP contribution in [0.2, 0.25) is 0 Å².